The molecule has 0 heterocycles. The van der Waals surface area contributed by atoms with Crippen LogP contribution in [-0.2, 0) is 18.0 Å². The third kappa shape index (κ3) is 8.54. The molecule has 0 saturated heterocycles. The lowest BCUT2D eigenvalue weighted by Crippen LogP contribution is -2.39. The second-order valence-corrected chi connectivity index (χ2v) is 7.82. The largest absolute Gasteiger partial charge is 0.494 e. The minimum absolute atomic E-state index is 0.106. The lowest BCUT2D eigenvalue weighted by Gasteiger charge is -2.28. The summed E-state index contributed by atoms with van der Waals surface area (Å²) >= 11 is 0. The predicted molar refractivity (Wildman–Crippen MR) is 101 cm³/mol. The molecule has 0 atom stereocenters. The molecule has 0 aromatic heterocycles. The summed E-state index contributed by atoms with van der Waals surface area (Å²) in [5.74, 6) is 0.949. The fraction of sp³-hybridized carbons (Fsp3) is 0.650. The highest BCUT2D eigenvalue weighted by atomic mass is 16.6. The van der Waals surface area contributed by atoms with Crippen molar-refractivity contribution in [1.29, 1.82) is 0 Å². The molecular formula is C20H33NO5. The van der Waals surface area contributed by atoms with Crippen molar-refractivity contribution in [2.75, 3.05) is 19.7 Å². The van der Waals surface area contributed by atoms with Gasteiger partial charge in [0.05, 0.1) is 19.8 Å². The monoisotopic (exact) mass is 367 g/mol. The molecule has 2 N–H and O–H groups in total. The van der Waals surface area contributed by atoms with Crippen LogP contribution in [0.1, 0.15) is 52.2 Å². The molecule has 26 heavy (non-hydrogen) atoms. The van der Waals surface area contributed by atoms with Crippen LogP contribution >= 0.6 is 0 Å². The molecule has 0 unspecified atom stereocenters. The zero-order valence-corrected chi connectivity index (χ0v) is 16.6. The van der Waals surface area contributed by atoms with Crippen LogP contribution in [0.15, 0.2) is 18.2 Å². The van der Waals surface area contributed by atoms with Gasteiger partial charge in [-0.1, -0.05) is 19.9 Å². The van der Waals surface area contributed by atoms with Gasteiger partial charge in [-0.05, 0) is 56.4 Å². The first-order valence-corrected chi connectivity index (χ1v) is 9.10. The van der Waals surface area contributed by atoms with E-state index in [2.05, 4.69) is 13.8 Å². The summed E-state index contributed by atoms with van der Waals surface area (Å²) in [4.78, 5) is 14.0. The molecule has 1 amide bonds. The molecule has 0 fully saturated rings. The van der Waals surface area contributed by atoms with Gasteiger partial charge in [0, 0.05) is 13.1 Å². The van der Waals surface area contributed by atoms with Gasteiger partial charge in [0.2, 0.25) is 0 Å². The van der Waals surface area contributed by atoms with Crippen molar-refractivity contribution in [2.24, 2.45) is 5.92 Å². The highest BCUT2D eigenvalue weighted by Gasteiger charge is 2.22. The zero-order chi connectivity index (χ0) is 19.7. The molecule has 0 spiro atoms. The van der Waals surface area contributed by atoms with E-state index in [1.54, 1.807) is 23.1 Å². The van der Waals surface area contributed by atoms with Crippen LogP contribution in [0.2, 0.25) is 0 Å². The standard InChI is InChI=1S/C20H33NO5/c1-15(2)12-21(19(24)26-20(3,4)5)7-6-8-25-18-10-16(13-22)9-17(11-18)14-23/h9-11,15,22-23H,6-8,12-14H2,1-5H3. The van der Waals surface area contributed by atoms with Crippen LogP contribution in [-0.4, -0.2) is 46.5 Å². The molecule has 148 valence electrons. The fourth-order valence-electron chi connectivity index (χ4n) is 2.46. The maximum absolute atomic E-state index is 12.3. The molecule has 6 heteroatoms. The van der Waals surface area contributed by atoms with Crippen molar-refractivity contribution in [3.63, 3.8) is 0 Å². The number of hydrogen-bond acceptors (Lipinski definition) is 5. The Hall–Kier alpha value is -1.79. The second kappa shape index (κ2) is 10.4. The van der Waals surface area contributed by atoms with Gasteiger partial charge < -0.3 is 24.6 Å². The Labute approximate surface area is 156 Å². The van der Waals surface area contributed by atoms with E-state index in [0.29, 0.717) is 48.9 Å². The number of hydrogen-bond donors (Lipinski definition) is 2. The number of rotatable bonds is 9. The minimum Gasteiger partial charge on any atom is -0.494 e. The first-order chi connectivity index (χ1) is 12.1. The number of carbonyl (C=O) groups excluding carboxylic acids is 1. The highest BCUT2D eigenvalue weighted by Crippen LogP contribution is 2.18. The average molecular weight is 367 g/mol. The van der Waals surface area contributed by atoms with Gasteiger partial charge in [-0.15, -0.1) is 0 Å². The van der Waals surface area contributed by atoms with E-state index in [4.69, 9.17) is 9.47 Å². The maximum Gasteiger partial charge on any atom is 0.410 e. The summed E-state index contributed by atoms with van der Waals surface area (Å²) in [7, 11) is 0. The van der Waals surface area contributed by atoms with E-state index in [9.17, 15) is 15.0 Å². The number of aliphatic hydroxyl groups excluding tert-OH is 2. The first kappa shape index (κ1) is 22.3. The minimum atomic E-state index is -0.520. The smallest absolute Gasteiger partial charge is 0.410 e. The molecule has 1 aromatic rings. The number of nitrogens with zero attached hydrogens (tertiary/aromatic N) is 1. The van der Waals surface area contributed by atoms with Gasteiger partial charge in [-0.2, -0.15) is 0 Å². The molecule has 0 aliphatic heterocycles. The van der Waals surface area contributed by atoms with Gasteiger partial charge in [0.25, 0.3) is 0 Å². The summed E-state index contributed by atoms with van der Waals surface area (Å²) in [5.41, 5.74) is 0.873. The number of amides is 1. The summed E-state index contributed by atoms with van der Waals surface area (Å²) in [6, 6.07) is 5.23. The van der Waals surface area contributed by atoms with Crippen LogP contribution in [0.3, 0.4) is 0 Å². The molecule has 0 radical (unpaired) electrons. The van der Waals surface area contributed by atoms with Gasteiger partial charge in [-0.25, -0.2) is 4.79 Å². The van der Waals surface area contributed by atoms with Gasteiger partial charge in [0.15, 0.2) is 0 Å². The molecule has 1 aromatic carbocycles. The fourth-order valence-corrected chi connectivity index (χ4v) is 2.46. The summed E-state index contributed by atoms with van der Waals surface area (Å²) in [6.45, 7) is 11.1. The number of benzene rings is 1. The van der Waals surface area contributed by atoms with Crippen LogP contribution in [0, 0.1) is 5.92 Å². The Kier molecular flexibility index (Phi) is 8.88. The SMILES string of the molecule is CC(C)CN(CCCOc1cc(CO)cc(CO)c1)C(=O)OC(C)(C)C. The van der Waals surface area contributed by atoms with E-state index in [1.165, 1.54) is 0 Å². The molecule has 0 aliphatic carbocycles. The van der Waals surface area contributed by atoms with E-state index < -0.39 is 5.60 Å². The zero-order valence-electron chi connectivity index (χ0n) is 16.6. The Morgan fingerprint density at radius 3 is 2.15 bits per heavy atom. The Morgan fingerprint density at radius 1 is 1.12 bits per heavy atom. The molecule has 0 aliphatic rings. The normalized spacial score (nSPS) is 11.5. The van der Waals surface area contributed by atoms with Crippen molar-refractivity contribution in [3.8, 4) is 5.75 Å². The molecular weight excluding hydrogens is 334 g/mol. The molecule has 0 saturated carbocycles. The summed E-state index contributed by atoms with van der Waals surface area (Å²) < 4.78 is 11.2. The summed E-state index contributed by atoms with van der Waals surface area (Å²) in [6.07, 6.45) is 0.347. The van der Waals surface area contributed by atoms with Crippen LogP contribution in [0.25, 0.3) is 0 Å². The number of ether oxygens (including phenoxy) is 2. The van der Waals surface area contributed by atoms with Crippen molar-refractivity contribution < 1.29 is 24.5 Å². The van der Waals surface area contributed by atoms with Gasteiger partial charge in [-0.3, -0.25) is 0 Å². The van der Waals surface area contributed by atoms with E-state index in [0.717, 1.165) is 0 Å². The first-order valence-electron chi connectivity index (χ1n) is 9.10. The predicted octanol–water partition coefficient (Wildman–Crippen LogP) is 3.33. The summed E-state index contributed by atoms with van der Waals surface area (Å²) in [5, 5.41) is 18.5. The van der Waals surface area contributed by atoms with Crippen LogP contribution < -0.4 is 4.74 Å². The van der Waals surface area contributed by atoms with E-state index >= 15 is 0 Å². The van der Waals surface area contributed by atoms with E-state index in [1.807, 2.05) is 20.8 Å². The van der Waals surface area contributed by atoms with Crippen molar-refractivity contribution in [2.45, 2.75) is 59.9 Å². The maximum atomic E-state index is 12.3. The lowest BCUT2D eigenvalue weighted by atomic mass is 10.1. The number of aliphatic hydroxyl groups is 2. The third-order valence-corrected chi connectivity index (χ3v) is 3.47. The number of carbonyl (C=O) groups is 1. The van der Waals surface area contributed by atoms with E-state index in [-0.39, 0.29) is 19.3 Å². The van der Waals surface area contributed by atoms with Crippen molar-refractivity contribution in [3.05, 3.63) is 29.3 Å². The molecule has 0 bridgehead atoms. The van der Waals surface area contributed by atoms with Crippen molar-refractivity contribution >= 4 is 6.09 Å². The van der Waals surface area contributed by atoms with Gasteiger partial charge in [0.1, 0.15) is 11.4 Å². The Morgan fingerprint density at radius 2 is 1.69 bits per heavy atom. The second-order valence-electron chi connectivity index (χ2n) is 7.82. The Bertz CT molecular complexity index is 544. The quantitative estimate of drug-likeness (QED) is 0.655. The van der Waals surface area contributed by atoms with Crippen LogP contribution in [0.4, 0.5) is 4.79 Å². The molecule has 1 rings (SSSR count). The topological polar surface area (TPSA) is 79.2 Å². The Balaban J connectivity index is 2.58. The van der Waals surface area contributed by atoms with Crippen molar-refractivity contribution in [1.82, 2.24) is 4.90 Å². The lowest BCUT2D eigenvalue weighted by molar-refractivity contribution is 0.0220. The van der Waals surface area contributed by atoms with Crippen LogP contribution in [0.5, 0.6) is 5.75 Å². The highest BCUT2D eigenvalue weighted by molar-refractivity contribution is 5.68. The average Bonchev–Trinajstić information content (AvgIpc) is 2.55. The van der Waals surface area contributed by atoms with Gasteiger partial charge >= 0.3 is 6.09 Å². The third-order valence-electron chi connectivity index (χ3n) is 3.47. The molecule has 6 nitrogen and oxygen atoms in total.